The van der Waals surface area contributed by atoms with E-state index in [2.05, 4.69) is 53.9 Å². The van der Waals surface area contributed by atoms with E-state index in [4.69, 9.17) is 9.68 Å². The lowest BCUT2D eigenvalue weighted by Gasteiger charge is -2.14. The number of nitrogens with zero attached hydrogens (tertiary/aromatic N) is 1. The summed E-state index contributed by atoms with van der Waals surface area (Å²) in [6, 6.07) is 25.3. The molecule has 4 aromatic rings. The molecule has 1 unspecified atom stereocenters. The third-order valence-corrected chi connectivity index (χ3v) is 5.06. The van der Waals surface area contributed by atoms with Gasteiger partial charge < -0.3 is 9.73 Å². The van der Waals surface area contributed by atoms with Gasteiger partial charge in [-0.05, 0) is 41.5 Å². The van der Waals surface area contributed by atoms with Crippen molar-refractivity contribution in [2.24, 2.45) is 0 Å². The van der Waals surface area contributed by atoms with E-state index < -0.39 is 0 Å². The molecule has 0 saturated heterocycles. The lowest BCUT2D eigenvalue weighted by Crippen LogP contribution is -2.79. The number of fused-ring (bicyclic) bond motifs is 3. The molecule has 1 aliphatic heterocycles. The first-order valence-corrected chi connectivity index (χ1v) is 8.97. The van der Waals surface area contributed by atoms with Crippen LogP contribution >= 0.6 is 0 Å². The van der Waals surface area contributed by atoms with Gasteiger partial charge in [-0.2, -0.15) is 5.26 Å². The molecule has 0 bridgehead atoms. The standard InChI is InChI=1S/C24H16N2O/c25-15-16-10-11-26-22(12-16)19-5-3-4-17(13-19)18-8-9-24-21(14-18)20-6-1-2-7-23(20)27-24/h1-14,22,26H/p+1. The summed E-state index contributed by atoms with van der Waals surface area (Å²) in [6.07, 6.45) is 5.81. The van der Waals surface area contributed by atoms with Crippen LogP contribution < -0.4 is 5.32 Å². The summed E-state index contributed by atoms with van der Waals surface area (Å²) < 4.78 is 5.94. The summed E-state index contributed by atoms with van der Waals surface area (Å²) in [7, 11) is 0. The Morgan fingerprint density at radius 3 is 2.63 bits per heavy atom. The molecule has 27 heavy (non-hydrogen) atoms. The van der Waals surface area contributed by atoms with E-state index in [9.17, 15) is 0 Å². The van der Waals surface area contributed by atoms with Crippen LogP contribution in [0.25, 0.3) is 33.1 Å². The van der Waals surface area contributed by atoms with Crippen molar-refractivity contribution >= 4 is 21.9 Å². The number of nitriles is 1. The van der Waals surface area contributed by atoms with Crippen molar-refractivity contribution in [1.29, 1.82) is 5.26 Å². The van der Waals surface area contributed by atoms with Gasteiger partial charge in [0.1, 0.15) is 17.2 Å². The molecule has 5 rings (SSSR count). The Bertz CT molecular complexity index is 1270. The molecule has 3 aromatic carbocycles. The second-order valence-corrected chi connectivity index (χ2v) is 6.75. The number of nitrogens with two attached hydrogens (primary N) is 1. The van der Waals surface area contributed by atoms with Crippen molar-refractivity contribution < 1.29 is 9.73 Å². The highest BCUT2D eigenvalue weighted by molar-refractivity contribution is 6.06. The quantitative estimate of drug-likeness (QED) is 0.563. The summed E-state index contributed by atoms with van der Waals surface area (Å²) in [5, 5.41) is 13.5. The van der Waals surface area contributed by atoms with Crippen LogP contribution in [0.4, 0.5) is 0 Å². The predicted octanol–water partition coefficient (Wildman–Crippen LogP) is 4.83. The summed E-state index contributed by atoms with van der Waals surface area (Å²) in [5.41, 5.74) is 6.03. The van der Waals surface area contributed by atoms with Gasteiger partial charge in [0.15, 0.2) is 0 Å². The van der Waals surface area contributed by atoms with Crippen LogP contribution in [0.3, 0.4) is 0 Å². The van der Waals surface area contributed by atoms with Crippen molar-refractivity contribution in [3.05, 3.63) is 96.2 Å². The Morgan fingerprint density at radius 2 is 1.70 bits per heavy atom. The van der Waals surface area contributed by atoms with Gasteiger partial charge in [0, 0.05) is 22.4 Å². The minimum atomic E-state index is 0.128. The molecular weight excluding hydrogens is 332 g/mol. The number of hydrogen-bond acceptors (Lipinski definition) is 2. The van der Waals surface area contributed by atoms with E-state index in [1.807, 2.05) is 42.6 Å². The number of allylic oxidation sites excluding steroid dienone is 2. The van der Waals surface area contributed by atoms with Gasteiger partial charge in [0.2, 0.25) is 0 Å². The topological polar surface area (TPSA) is 53.5 Å². The van der Waals surface area contributed by atoms with E-state index in [-0.39, 0.29) is 6.04 Å². The zero-order valence-corrected chi connectivity index (χ0v) is 14.6. The largest absolute Gasteiger partial charge is 0.456 e. The molecule has 128 valence electrons. The summed E-state index contributed by atoms with van der Waals surface area (Å²) >= 11 is 0. The number of hydrogen-bond donors (Lipinski definition) is 1. The molecule has 2 heterocycles. The smallest absolute Gasteiger partial charge is 0.136 e. The van der Waals surface area contributed by atoms with Gasteiger partial charge in [-0.25, -0.2) is 0 Å². The molecule has 3 heteroatoms. The fraction of sp³-hybridized carbons (Fsp3) is 0.0417. The third-order valence-electron chi connectivity index (χ3n) is 5.06. The average Bonchev–Trinajstić information content (AvgIpc) is 3.12. The first-order chi connectivity index (χ1) is 13.3. The summed E-state index contributed by atoms with van der Waals surface area (Å²) in [4.78, 5) is 0. The normalized spacial score (nSPS) is 16.4. The Balaban J connectivity index is 1.59. The fourth-order valence-electron chi connectivity index (χ4n) is 3.70. The highest BCUT2D eigenvalue weighted by Gasteiger charge is 2.16. The molecule has 1 atom stereocenters. The highest BCUT2D eigenvalue weighted by atomic mass is 16.3. The summed E-state index contributed by atoms with van der Waals surface area (Å²) in [6.45, 7) is 0. The van der Waals surface area contributed by atoms with Gasteiger partial charge >= 0.3 is 0 Å². The molecule has 0 fully saturated rings. The maximum absolute atomic E-state index is 9.16. The minimum absolute atomic E-state index is 0.128. The van der Waals surface area contributed by atoms with Gasteiger partial charge in [0.25, 0.3) is 0 Å². The van der Waals surface area contributed by atoms with Crippen molar-refractivity contribution in [3.8, 4) is 17.2 Å². The van der Waals surface area contributed by atoms with Gasteiger partial charge in [-0.3, -0.25) is 0 Å². The van der Waals surface area contributed by atoms with Crippen molar-refractivity contribution in [2.45, 2.75) is 6.04 Å². The Morgan fingerprint density at radius 1 is 0.852 bits per heavy atom. The van der Waals surface area contributed by atoms with E-state index >= 15 is 0 Å². The van der Waals surface area contributed by atoms with Crippen LogP contribution in [-0.4, -0.2) is 0 Å². The van der Waals surface area contributed by atoms with E-state index in [1.54, 1.807) is 0 Å². The van der Waals surface area contributed by atoms with Crippen molar-refractivity contribution in [2.75, 3.05) is 0 Å². The number of furan rings is 1. The van der Waals surface area contributed by atoms with Crippen LogP contribution in [0, 0.1) is 11.3 Å². The van der Waals surface area contributed by atoms with Gasteiger partial charge in [-0.15, -0.1) is 0 Å². The predicted molar refractivity (Wildman–Crippen MR) is 107 cm³/mol. The Kier molecular flexibility index (Phi) is 3.64. The fourth-order valence-corrected chi connectivity index (χ4v) is 3.70. The van der Waals surface area contributed by atoms with Crippen LogP contribution in [0.15, 0.2) is 95.1 Å². The molecule has 0 spiro atoms. The lowest BCUT2D eigenvalue weighted by molar-refractivity contribution is -0.622. The SMILES string of the molecule is N#CC1=CC(c2cccc(-c3ccc4oc5ccccc5c4c3)c2)[NH2+]C=C1. The van der Waals surface area contributed by atoms with Crippen molar-refractivity contribution in [1.82, 2.24) is 0 Å². The molecule has 0 amide bonds. The zero-order valence-electron chi connectivity index (χ0n) is 14.6. The molecule has 3 nitrogen and oxygen atoms in total. The van der Waals surface area contributed by atoms with Crippen LogP contribution in [-0.2, 0) is 0 Å². The summed E-state index contributed by atoms with van der Waals surface area (Å²) in [5.74, 6) is 0. The van der Waals surface area contributed by atoms with E-state index in [0.717, 1.165) is 33.1 Å². The molecular formula is C24H17N2O+. The van der Waals surface area contributed by atoms with Crippen molar-refractivity contribution in [3.63, 3.8) is 0 Å². The molecule has 2 N–H and O–H groups in total. The lowest BCUT2D eigenvalue weighted by atomic mass is 9.96. The Labute approximate surface area is 156 Å². The molecule has 1 aliphatic rings. The number of rotatable bonds is 2. The van der Waals surface area contributed by atoms with Crippen LogP contribution in [0.2, 0.25) is 0 Å². The second-order valence-electron chi connectivity index (χ2n) is 6.75. The average molecular weight is 349 g/mol. The van der Waals surface area contributed by atoms with Gasteiger partial charge in [-0.1, -0.05) is 42.5 Å². The van der Waals surface area contributed by atoms with Crippen LogP contribution in [0.5, 0.6) is 0 Å². The zero-order chi connectivity index (χ0) is 18.2. The number of quaternary nitrogens is 1. The molecule has 0 radical (unpaired) electrons. The number of benzene rings is 3. The van der Waals surface area contributed by atoms with E-state index in [0.29, 0.717) is 5.57 Å². The third kappa shape index (κ3) is 2.73. The highest BCUT2D eigenvalue weighted by Crippen LogP contribution is 2.33. The first-order valence-electron chi connectivity index (χ1n) is 8.97. The maximum Gasteiger partial charge on any atom is 0.136 e. The number of para-hydroxylation sites is 1. The maximum atomic E-state index is 9.16. The molecule has 0 aliphatic carbocycles. The van der Waals surface area contributed by atoms with E-state index in [1.165, 1.54) is 5.56 Å². The van der Waals surface area contributed by atoms with Gasteiger partial charge in [0.05, 0.1) is 17.8 Å². The molecule has 0 saturated carbocycles. The van der Waals surface area contributed by atoms with Crippen LogP contribution in [0.1, 0.15) is 11.6 Å². The minimum Gasteiger partial charge on any atom is -0.456 e. The first kappa shape index (κ1) is 15.6. The molecule has 1 aromatic heterocycles. The Hall–Kier alpha value is -3.61. The second kappa shape index (κ2) is 6.28. The monoisotopic (exact) mass is 349 g/mol.